The first-order valence-corrected chi connectivity index (χ1v) is 6.71. The van der Waals surface area contributed by atoms with Crippen molar-refractivity contribution in [3.05, 3.63) is 29.1 Å². The van der Waals surface area contributed by atoms with Crippen LogP contribution in [0.15, 0.2) is 0 Å². The number of esters is 1. The second kappa shape index (κ2) is 6.60. The van der Waals surface area contributed by atoms with Crippen molar-refractivity contribution < 1.29 is 36.6 Å². The van der Waals surface area contributed by atoms with Crippen molar-refractivity contribution in [3.8, 4) is 5.75 Å². The van der Waals surface area contributed by atoms with Crippen LogP contribution < -0.4 is 4.74 Å². The zero-order valence-electron chi connectivity index (χ0n) is 11.3. The third-order valence-electron chi connectivity index (χ3n) is 3.66. The Labute approximate surface area is 122 Å². The fraction of sp³-hybridized carbons (Fsp3) is 0.500. The van der Waals surface area contributed by atoms with Gasteiger partial charge < -0.3 is 9.84 Å². The molecule has 122 valence electrons. The van der Waals surface area contributed by atoms with Gasteiger partial charge in [0.15, 0.2) is 0 Å². The lowest BCUT2D eigenvalue weighted by Crippen LogP contribution is -2.22. The predicted octanol–water partition coefficient (Wildman–Crippen LogP) is 3.23. The van der Waals surface area contributed by atoms with Crippen LogP contribution in [0.25, 0.3) is 0 Å². The van der Waals surface area contributed by atoms with E-state index in [2.05, 4.69) is 4.74 Å². The molecule has 1 fully saturated rings. The molecule has 1 aliphatic carbocycles. The van der Waals surface area contributed by atoms with Crippen molar-refractivity contribution in [3.63, 3.8) is 0 Å². The van der Waals surface area contributed by atoms with Crippen LogP contribution in [0.2, 0.25) is 0 Å². The van der Waals surface area contributed by atoms with Gasteiger partial charge in [0.1, 0.15) is 0 Å². The molecule has 2 rings (SSSR count). The molecule has 1 aromatic carbocycles. The Morgan fingerprint density at radius 1 is 0.909 bits per heavy atom. The monoisotopic (exact) mass is 324 g/mol. The highest BCUT2D eigenvalue weighted by Gasteiger charge is 2.29. The van der Waals surface area contributed by atoms with Gasteiger partial charge in [0.05, 0.1) is 6.10 Å². The standard InChI is InChI=1S/C14H13F5O3/c15-9-10(16)12(18)14(13(19)11(9)17)22-8(21)5-6-1-3-7(20)4-2-6/h6-7,20H,1-5H2. The minimum Gasteiger partial charge on any atom is -0.420 e. The van der Waals surface area contributed by atoms with Crippen LogP contribution in [0.5, 0.6) is 5.75 Å². The van der Waals surface area contributed by atoms with E-state index in [1.54, 1.807) is 0 Å². The molecule has 0 amide bonds. The van der Waals surface area contributed by atoms with Gasteiger partial charge in [0, 0.05) is 6.42 Å². The summed E-state index contributed by atoms with van der Waals surface area (Å²) in [7, 11) is 0. The van der Waals surface area contributed by atoms with E-state index in [1.165, 1.54) is 0 Å². The third-order valence-corrected chi connectivity index (χ3v) is 3.66. The fourth-order valence-corrected chi connectivity index (χ4v) is 2.41. The number of aliphatic hydroxyl groups is 1. The topological polar surface area (TPSA) is 46.5 Å². The van der Waals surface area contributed by atoms with Gasteiger partial charge in [-0.05, 0) is 31.6 Å². The molecule has 1 saturated carbocycles. The number of halogens is 5. The molecule has 1 aromatic rings. The van der Waals surface area contributed by atoms with E-state index in [1.807, 2.05) is 0 Å². The van der Waals surface area contributed by atoms with E-state index in [0.29, 0.717) is 25.7 Å². The van der Waals surface area contributed by atoms with E-state index in [9.17, 15) is 31.9 Å². The van der Waals surface area contributed by atoms with Crippen LogP contribution in [0.1, 0.15) is 32.1 Å². The maximum absolute atomic E-state index is 13.4. The second-order valence-corrected chi connectivity index (χ2v) is 5.25. The average Bonchev–Trinajstić information content (AvgIpc) is 2.50. The largest absolute Gasteiger partial charge is 0.420 e. The van der Waals surface area contributed by atoms with Crippen LogP contribution >= 0.6 is 0 Å². The molecule has 0 heterocycles. The van der Waals surface area contributed by atoms with Gasteiger partial charge in [0.2, 0.25) is 34.8 Å². The summed E-state index contributed by atoms with van der Waals surface area (Å²) in [5.74, 6) is -13.8. The molecule has 0 bridgehead atoms. The highest BCUT2D eigenvalue weighted by molar-refractivity contribution is 5.72. The molecular formula is C14H13F5O3. The Morgan fingerprint density at radius 2 is 1.36 bits per heavy atom. The summed E-state index contributed by atoms with van der Waals surface area (Å²) in [6.07, 6.45) is 1.36. The van der Waals surface area contributed by atoms with Gasteiger partial charge in [-0.2, -0.15) is 8.78 Å². The maximum atomic E-state index is 13.4. The Kier molecular flexibility index (Phi) is 5.00. The van der Waals surface area contributed by atoms with Gasteiger partial charge in [-0.3, -0.25) is 4.79 Å². The van der Waals surface area contributed by atoms with E-state index < -0.39 is 46.9 Å². The molecule has 0 atom stereocenters. The van der Waals surface area contributed by atoms with Crippen LogP contribution in [0, 0.1) is 35.0 Å². The Balaban J connectivity index is 2.09. The smallest absolute Gasteiger partial charge is 0.311 e. The van der Waals surface area contributed by atoms with Crippen LogP contribution in [0.3, 0.4) is 0 Å². The van der Waals surface area contributed by atoms with E-state index in [0.717, 1.165) is 0 Å². The molecular weight excluding hydrogens is 311 g/mol. The molecule has 1 aliphatic rings. The molecule has 0 saturated heterocycles. The molecule has 3 nitrogen and oxygen atoms in total. The number of hydrogen-bond acceptors (Lipinski definition) is 3. The lowest BCUT2D eigenvalue weighted by Gasteiger charge is -2.24. The average molecular weight is 324 g/mol. The minimum absolute atomic E-state index is 0.155. The van der Waals surface area contributed by atoms with Gasteiger partial charge in [-0.15, -0.1) is 0 Å². The summed E-state index contributed by atoms with van der Waals surface area (Å²) in [4.78, 5) is 11.6. The Bertz CT molecular complexity index is 553. The maximum Gasteiger partial charge on any atom is 0.311 e. The quantitative estimate of drug-likeness (QED) is 0.305. The Morgan fingerprint density at radius 3 is 1.86 bits per heavy atom. The van der Waals surface area contributed by atoms with Gasteiger partial charge in [-0.25, -0.2) is 13.2 Å². The first-order valence-electron chi connectivity index (χ1n) is 6.71. The Hall–Kier alpha value is -1.70. The number of hydrogen-bond donors (Lipinski definition) is 1. The normalized spacial score (nSPS) is 21.7. The number of benzene rings is 1. The number of carbonyl (C=O) groups excluding carboxylic acids is 1. The van der Waals surface area contributed by atoms with E-state index in [-0.39, 0.29) is 12.3 Å². The van der Waals surface area contributed by atoms with Crippen LogP contribution in [-0.4, -0.2) is 17.2 Å². The zero-order chi connectivity index (χ0) is 16.4. The lowest BCUT2D eigenvalue weighted by atomic mass is 9.85. The first kappa shape index (κ1) is 16.7. The van der Waals surface area contributed by atoms with Gasteiger partial charge in [0.25, 0.3) is 0 Å². The van der Waals surface area contributed by atoms with E-state index >= 15 is 0 Å². The van der Waals surface area contributed by atoms with Crippen LogP contribution in [0.4, 0.5) is 22.0 Å². The molecule has 0 spiro atoms. The summed E-state index contributed by atoms with van der Waals surface area (Å²) in [6.45, 7) is 0. The molecule has 0 aliphatic heterocycles. The molecule has 22 heavy (non-hydrogen) atoms. The number of ether oxygens (including phenoxy) is 1. The van der Waals surface area contributed by atoms with E-state index in [4.69, 9.17) is 0 Å². The third kappa shape index (κ3) is 3.37. The van der Waals surface area contributed by atoms with Gasteiger partial charge >= 0.3 is 5.97 Å². The van der Waals surface area contributed by atoms with Crippen molar-refractivity contribution in [2.24, 2.45) is 5.92 Å². The highest BCUT2D eigenvalue weighted by atomic mass is 19.2. The van der Waals surface area contributed by atoms with Crippen molar-refractivity contribution >= 4 is 5.97 Å². The zero-order valence-corrected chi connectivity index (χ0v) is 11.3. The van der Waals surface area contributed by atoms with Crippen molar-refractivity contribution in [2.75, 3.05) is 0 Å². The molecule has 8 heteroatoms. The number of aliphatic hydroxyl groups excluding tert-OH is 1. The molecule has 1 N–H and O–H groups in total. The second-order valence-electron chi connectivity index (χ2n) is 5.25. The summed E-state index contributed by atoms with van der Waals surface area (Å²) in [5.41, 5.74) is 0. The van der Waals surface area contributed by atoms with Crippen molar-refractivity contribution in [2.45, 2.75) is 38.2 Å². The summed E-state index contributed by atoms with van der Waals surface area (Å²) in [6, 6.07) is 0. The molecule has 0 unspecified atom stereocenters. The molecule has 0 radical (unpaired) electrons. The summed E-state index contributed by atoms with van der Waals surface area (Å²) in [5, 5.41) is 9.32. The number of rotatable bonds is 3. The lowest BCUT2D eigenvalue weighted by molar-refractivity contribution is -0.136. The SMILES string of the molecule is O=C(CC1CCC(O)CC1)Oc1c(F)c(F)c(F)c(F)c1F. The summed E-state index contributed by atoms with van der Waals surface area (Å²) < 4.78 is 69.8. The summed E-state index contributed by atoms with van der Waals surface area (Å²) >= 11 is 0. The first-order chi connectivity index (χ1) is 10.3. The minimum atomic E-state index is -2.31. The van der Waals surface area contributed by atoms with Crippen molar-refractivity contribution in [1.82, 2.24) is 0 Å². The van der Waals surface area contributed by atoms with Crippen molar-refractivity contribution in [1.29, 1.82) is 0 Å². The predicted molar refractivity (Wildman–Crippen MR) is 64.4 cm³/mol. The van der Waals surface area contributed by atoms with Gasteiger partial charge in [-0.1, -0.05) is 0 Å². The highest BCUT2D eigenvalue weighted by Crippen LogP contribution is 2.31. The molecule has 0 aromatic heterocycles. The fourth-order valence-electron chi connectivity index (χ4n) is 2.41. The van der Waals surface area contributed by atoms with Crippen LogP contribution in [-0.2, 0) is 4.79 Å². The number of carbonyl (C=O) groups is 1.